The summed E-state index contributed by atoms with van der Waals surface area (Å²) in [5.74, 6) is 0.953. The van der Waals surface area contributed by atoms with Gasteiger partial charge in [-0.1, -0.05) is 81.5 Å². The second kappa shape index (κ2) is 8.75. The fraction of sp³-hybridized carbons (Fsp3) is 0.591. The van der Waals surface area contributed by atoms with Crippen LogP contribution >= 0.6 is 23.2 Å². The van der Waals surface area contributed by atoms with Gasteiger partial charge in [0.2, 0.25) is 0 Å². The molecule has 0 aliphatic heterocycles. The predicted octanol–water partition coefficient (Wildman–Crippen LogP) is 6.00. The zero-order chi connectivity index (χ0) is 21.2. The third kappa shape index (κ3) is 4.68. The van der Waals surface area contributed by atoms with Crippen LogP contribution in [0.2, 0.25) is 10.0 Å². The summed E-state index contributed by atoms with van der Waals surface area (Å²) in [6.07, 6.45) is 10.0. The highest BCUT2D eigenvalue weighted by Crippen LogP contribution is 2.42. The molecule has 1 fully saturated rings. The Labute approximate surface area is 184 Å². The average molecular weight is 436 g/mol. The minimum Gasteiger partial charge on any atom is -0.297 e. The molecule has 1 aliphatic carbocycles. The van der Waals surface area contributed by atoms with Crippen LogP contribution in [0.25, 0.3) is 6.08 Å². The van der Waals surface area contributed by atoms with Crippen LogP contribution < -0.4 is 0 Å². The van der Waals surface area contributed by atoms with Gasteiger partial charge in [-0.15, -0.1) is 5.10 Å². The summed E-state index contributed by atoms with van der Waals surface area (Å²) >= 11 is 12.4. The Balaban J connectivity index is 2.03. The number of hydrogen-bond acceptors (Lipinski definition) is 4. The van der Waals surface area contributed by atoms with Crippen molar-refractivity contribution in [3.63, 3.8) is 0 Å². The largest absolute Gasteiger partial charge is 0.297 e. The number of allylic oxidation sites excluding steroid dienone is 1. The summed E-state index contributed by atoms with van der Waals surface area (Å²) in [5, 5.41) is 14.4. The lowest BCUT2D eigenvalue weighted by atomic mass is 9.79. The van der Waals surface area contributed by atoms with Crippen molar-refractivity contribution in [2.45, 2.75) is 64.5 Å². The van der Waals surface area contributed by atoms with Crippen LogP contribution in [-0.4, -0.2) is 39.2 Å². The Kier molecular flexibility index (Phi) is 6.71. The molecule has 0 bridgehead atoms. The Morgan fingerprint density at radius 3 is 2.41 bits per heavy atom. The molecule has 0 radical (unpaired) electrons. The number of nitrogens with zero attached hydrogens (tertiary/aromatic N) is 5. The zero-order valence-corrected chi connectivity index (χ0v) is 19.5. The number of aromatic nitrogens is 4. The lowest BCUT2D eigenvalue weighted by molar-refractivity contribution is 0.0783. The number of benzene rings is 1. The van der Waals surface area contributed by atoms with Gasteiger partial charge in [0.05, 0.1) is 11.6 Å². The fourth-order valence-corrected chi connectivity index (χ4v) is 4.73. The number of hydrogen-bond donors (Lipinski definition) is 0. The lowest BCUT2D eigenvalue weighted by Gasteiger charge is -2.43. The van der Waals surface area contributed by atoms with Crippen molar-refractivity contribution in [2.75, 3.05) is 14.1 Å². The summed E-state index contributed by atoms with van der Waals surface area (Å²) in [4.78, 5) is 2.30. The highest BCUT2D eigenvalue weighted by atomic mass is 35.5. The maximum absolute atomic E-state index is 6.38. The van der Waals surface area contributed by atoms with E-state index in [9.17, 15) is 0 Å². The second-order valence-electron chi connectivity index (χ2n) is 9.27. The second-order valence-corrected chi connectivity index (χ2v) is 10.1. The summed E-state index contributed by atoms with van der Waals surface area (Å²) in [6.45, 7) is 6.63. The Bertz CT molecular complexity index is 860. The van der Waals surface area contributed by atoms with E-state index in [0.29, 0.717) is 10.0 Å². The van der Waals surface area contributed by atoms with Gasteiger partial charge < -0.3 is 0 Å². The first kappa shape index (κ1) is 22.3. The molecule has 0 N–H and O–H groups in total. The molecule has 0 saturated heterocycles. The van der Waals surface area contributed by atoms with E-state index in [2.05, 4.69) is 61.4 Å². The summed E-state index contributed by atoms with van der Waals surface area (Å²) < 4.78 is 2.02. The fourth-order valence-electron chi connectivity index (χ4n) is 4.26. The van der Waals surface area contributed by atoms with Crippen LogP contribution in [0.15, 0.2) is 24.3 Å². The van der Waals surface area contributed by atoms with Gasteiger partial charge in [-0.2, -0.15) is 0 Å². The number of rotatable bonds is 5. The quantitative estimate of drug-likeness (QED) is 0.577. The molecule has 0 amide bonds. The summed E-state index contributed by atoms with van der Waals surface area (Å²) in [7, 11) is 4.28. The summed E-state index contributed by atoms with van der Waals surface area (Å²) in [5.41, 5.74) is 0.721. The van der Waals surface area contributed by atoms with E-state index < -0.39 is 0 Å². The third-order valence-corrected chi connectivity index (χ3v) is 6.58. The predicted molar refractivity (Wildman–Crippen MR) is 120 cm³/mol. The van der Waals surface area contributed by atoms with E-state index >= 15 is 0 Å². The minimum atomic E-state index is -0.128. The highest BCUT2D eigenvalue weighted by molar-refractivity contribution is 6.35. The first-order chi connectivity index (χ1) is 13.6. The van der Waals surface area contributed by atoms with Crippen LogP contribution in [0, 0.1) is 5.41 Å². The molecule has 0 unspecified atom stereocenters. The van der Waals surface area contributed by atoms with Gasteiger partial charge >= 0.3 is 0 Å². The van der Waals surface area contributed by atoms with Crippen molar-refractivity contribution in [1.82, 2.24) is 25.1 Å². The zero-order valence-electron chi connectivity index (χ0n) is 18.0. The summed E-state index contributed by atoms with van der Waals surface area (Å²) in [6, 6.07) is 5.53. The molecule has 1 aromatic carbocycles. The molecular weight excluding hydrogens is 405 g/mol. The van der Waals surface area contributed by atoms with Crippen molar-refractivity contribution in [3.05, 3.63) is 45.7 Å². The molecule has 158 valence electrons. The highest BCUT2D eigenvalue weighted by Gasteiger charge is 2.42. The van der Waals surface area contributed by atoms with Crippen LogP contribution in [0.4, 0.5) is 0 Å². The molecule has 29 heavy (non-hydrogen) atoms. The molecular formula is C22H31Cl2N5. The molecule has 0 spiro atoms. The van der Waals surface area contributed by atoms with E-state index in [1.165, 1.54) is 19.3 Å². The molecule has 3 rings (SSSR count). The molecule has 5 nitrogen and oxygen atoms in total. The maximum Gasteiger partial charge on any atom is 0.172 e. The van der Waals surface area contributed by atoms with Gasteiger partial charge in [-0.3, -0.25) is 4.90 Å². The smallest absolute Gasteiger partial charge is 0.172 e. The topological polar surface area (TPSA) is 46.8 Å². The Hall–Kier alpha value is -1.43. The Morgan fingerprint density at radius 2 is 1.83 bits per heavy atom. The normalized spacial score (nSPS) is 18.5. The van der Waals surface area contributed by atoms with Crippen LogP contribution in [0.1, 0.15) is 70.3 Å². The van der Waals surface area contributed by atoms with Crippen molar-refractivity contribution in [1.29, 1.82) is 0 Å². The minimum absolute atomic E-state index is 0.0157. The first-order valence-electron chi connectivity index (χ1n) is 10.2. The first-order valence-corrected chi connectivity index (χ1v) is 11.0. The van der Waals surface area contributed by atoms with E-state index in [1.54, 1.807) is 6.07 Å². The van der Waals surface area contributed by atoms with Gasteiger partial charge in [0.1, 0.15) is 0 Å². The molecule has 7 heteroatoms. The van der Waals surface area contributed by atoms with Crippen LogP contribution in [0.5, 0.6) is 0 Å². The van der Waals surface area contributed by atoms with Crippen LogP contribution in [-0.2, 0) is 5.54 Å². The molecule has 2 aromatic rings. The van der Waals surface area contributed by atoms with E-state index in [-0.39, 0.29) is 17.0 Å². The number of halogens is 2. The van der Waals surface area contributed by atoms with Crippen molar-refractivity contribution in [2.24, 2.45) is 5.41 Å². The Morgan fingerprint density at radius 1 is 1.14 bits per heavy atom. The van der Waals surface area contributed by atoms with Crippen molar-refractivity contribution < 1.29 is 0 Å². The molecule has 1 atom stereocenters. The van der Waals surface area contributed by atoms with Gasteiger partial charge in [0.25, 0.3) is 0 Å². The van der Waals surface area contributed by atoms with Crippen LogP contribution in [0.3, 0.4) is 0 Å². The van der Waals surface area contributed by atoms with E-state index in [0.717, 1.165) is 24.2 Å². The maximum atomic E-state index is 6.38. The van der Waals surface area contributed by atoms with Crippen molar-refractivity contribution in [3.8, 4) is 0 Å². The molecule has 1 aliphatic rings. The SMILES string of the molecule is CN(C)C1(c2nnnn2[C@@H](/C=C/c2ccc(Cl)cc2Cl)C(C)(C)C)CCCCC1. The van der Waals surface area contributed by atoms with Crippen molar-refractivity contribution >= 4 is 29.3 Å². The molecule has 1 saturated carbocycles. The monoisotopic (exact) mass is 435 g/mol. The lowest BCUT2D eigenvalue weighted by Crippen LogP contribution is -2.46. The third-order valence-electron chi connectivity index (χ3n) is 6.02. The standard InChI is InChI=1S/C22H31Cl2N5/c1-21(2,3)19(12-10-16-9-11-17(23)15-18(16)24)29-20(25-26-27-29)22(28(4)5)13-7-6-8-14-22/h9-12,15,19H,6-8,13-14H2,1-5H3/b12-10+/t19-/m0/s1. The molecule has 1 aromatic heterocycles. The van der Waals surface area contributed by atoms with Gasteiger partial charge in [-0.25, -0.2) is 4.68 Å². The number of tetrazole rings is 1. The average Bonchev–Trinajstić information content (AvgIpc) is 3.12. The molecule has 1 heterocycles. The van der Waals surface area contributed by atoms with E-state index in [4.69, 9.17) is 23.2 Å². The van der Waals surface area contributed by atoms with Gasteiger partial charge in [0.15, 0.2) is 5.82 Å². The van der Waals surface area contributed by atoms with E-state index in [1.807, 2.05) is 22.9 Å². The van der Waals surface area contributed by atoms with Gasteiger partial charge in [0, 0.05) is 10.0 Å². The van der Waals surface area contributed by atoms with Gasteiger partial charge in [-0.05, 0) is 60.5 Å².